The fourth-order valence-corrected chi connectivity index (χ4v) is 4.46. The zero-order chi connectivity index (χ0) is 23.5. The molecular weight excluding hydrogens is 406 g/mol. The molecule has 2 aromatic rings. The number of primary amides is 1. The van der Waals surface area contributed by atoms with Crippen molar-refractivity contribution in [1.29, 1.82) is 5.26 Å². The second kappa shape index (κ2) is 9.23. The van der Waals surface area contributed by atoms with Gasteiger partial charge in [-0.15, -0.1) is 0 Å². The maximum atomic E-state index is 12.8. The molecule has 1 saturated carbocycles. The third-order valence-corrected chi connectivity index (χ3v) is 6.20. The number of carboxylic acids is 1. The van der Waals surface area contributed by atoms with E-state index >= 15 is 0 Å². The monoisotopic (exact) mass is 433 g/mol. The van der Waals surface area contributed by atoms with E-state index in [9.17, 15) is 19.6 Å². The number of nitrogens with zero attached hydrogens (tertiary/aromatic N) is 2. The second-order valence-corrected chi connectivity index (χ2v) is 8.52. The molecule has 1 aliphatic rings. The summed E-state index contributed by atoms with van der Waals surface area (Å²) in [7, 11) is 0. The van der Waals surface area contributed by atoms with E-state index in [4.69, 9.17) is 10.8 Å². The lowest BCUT2D eigenvalue weighted by Crippen LogP contribution is -2.31. The summed E-state index contributed by atoms with van der Waals surface area (Å²) in [5, 5.41) is 18.4. The van der Waals surface area contributed by atoms with Crippen molar-refractivity contribution in [3.05, 3.63) is 64.7 Å². The number of rotatable bonds is 10. The van der Waals surface area contributed by atoms with Gasteiger partial charge >= 0.3 is 5.97 Å². The van der Waals surface area contributed by atoms with Gasteiger partial charge in [-0.2, -0.15) is 5.26 Å². The van der Waals surface area contributed by atoms with Crippen molar-refractivity contribution >= 4 is 24.0 Å². The van der Waals surface area contributed by atoms with Crippen molar-refractivity contribution < 1.29 is 19.5 Å². The molecule has 0 unspecified atom stereocenters. The average molecular weight is 434 g/mol. The maximum absolute atomic E-state index is 12.8. The zero-order valence-corrected chi connectivity index (χ0v) is 18.2. The number of carbonyl (C=O) groups is 3. The van der Waals surface area contributed by atoms with Crippen LogP contribution in [-0.4, -0.2) is 29.4 Å². The number of aliphatic carboxylic acids is 1. The first-order valence-corrected chi connectivity index (χ1v) is 10.6. The highest BCUT2D eigenvalue weighted by Gasteiger charge is 2.61. The van der Waals surface area contributed by atoms with Crippen molar-refractivity contribution in [2.45, 2.75) is 56.9 Å². The largest absolute Gasteiger partial charge is 0.481 e. The minimum atomic E-state index is -0.964. The van der Waals surface area contributed by atoms with Gasteiger partial charge in [0.05, 0.1) is 17.0 Å². The first kappa shape index (κ1) is 23.0. The van der Waals surface area contributed by atoms with Crippen LogP contribution < -0.4 is 10.6 Å². The lowest BCUT2D eigenvalue weighted by molar-refractivity contribution is -0.137. The summed E-state index contributed by atoms with van der Waals surface area (Å²) >= 11 is 0. The van der Waals surface area contributed by atoms with Crippen LogP contribution >= 0.6 is 0 Å². The molecular formula is C25H27N3O4. The molecule has 0 radical (unpaired) electrons. The molecule has 2 amide bonds. The zero-order valence-electron chi connectivity index (χ0n) is 18.2. The number of carbonyl (C=O) groups excluding carboxylic acids is 2. The SMILES string of the molecule is CC(C)N(C=O)c1cccc([C@H]2C[C@]2(C(N)=O)c2cc(C#N)ccc2CCCC(=O)O)c1. The van der Waals surface area contributed by atoms with Crippen LogP contribution in [-0.2, 0) is 26.2 Å². The molecule has 0 aromatic heterocycles. The Bertz CT molecular complexity index is 1090. The van der Waals surface area contributed by atoms with E-state index in [1.54, 1.807) is 23.1 Å². The van der Waals surface area contributed by atoms with E-state index in [1.807, 2.05) is 38.1 Å². The van der Waals surface area contributed by atoms with Crippen LogP contribution in [0.4, 0.5) is 5.69 Å². The standard InChI is InChI=1S/C25H27N3O4/c1-16(2)28(15-29)20-7-3-6-19(12-20)22-13-25(22,24(27)32)21-11-17(14-26)9-10-18(21)5-4-8-23(30)31/h3,6-7,9-12,15-16,22H,4-5,8,13H2,1-2H3,(H2,27,32)(H,30,31)/t22-,25+/m1/s1. The number of amides is 2. The number of nitrogens with two attached hydrogens (primary N) is 1. The molecule has 166 valence electrons. The number of anilines is 1. The fraction of sp³-hybridized carbons (Fsp3) is 0.360. The van der Waals surface area contributed by atoms with Gasteiger partial charge in [-0.05, 0) is 74.1 Å². The molecule has 0 heterocycles. The number of nitriles is 1. The lowest BCUT2D eigenvalue weighted by Gasteiger charge is -2.23. The predicted molar refractivity (Wildman–Crippen MR) is 120 cm³/mol. The Morgan fingerprint density at radius 3 is 2.66 bits per heavy atom. The summed E-state index contributed by atoms with van der Waals surface area (Å²) in [6.45, 7) is 3.84. The third kappa shape index (κ3) is 4.35. The Labute approximate surface area is 187 Å². The average Bonchev–Trinajstić information content (AvgIpc) is 3.51. The van der Waals surface area contributed by atoms with E-state index in [2.05, 4.69) is 6.07 Å². The van der Waals surface area contributed by atoms with Gasteiger partial charge in [-0.25, -0.2) is 0 Å². The van der Waals surface area contributed by atoms with E-state index < -0.39 is 17.3 Å². The Morgan fingerprint density at radius 2 is 2.06 bits per heavy atom. The van der Waals surface area contributed by atoms with Crippen LogP contribution in [0.1, 0.15) is 61.3 Å². The van der Waals surface area contributed by atoms with E-state index in [0.29, 0.717) is 30.4 Å². The van der Waals surface area contributed by atoms with Gasteiger partial charge in [0.25, 0.3) is 0 Å². The first-order valence-electron chi connectivity index (χ1n) is 10.6. The highest BCUT2D eigenvalue weighted by molar-refractivity contribution is 5.93. The number of aryl methyl sites for hydroxylation is 1. The molecule has 2 atom stereocenters. The maximum Gasteiger partial charge on any atom is 0.303 e. The Balaban J connectivity index is 2.02. The normalized spacial score (nSPS) is 19.2. The van der Waals surface area contributed by atoms with Crippen molar-refractivity contribution in [1.82, 2.24) is 0 Å². The Hall–Kier alpha value is -3.66. The molecule has 0 spiro atoms. The van der Waals surface area contributed by atoms with Crippen LogP contribution in [0.15, 0.2) is 42.5 Å². The van der Waals surface area contributed by atoms with Crippen LogP contribution in [0.5, 0.6) is 0 Å². The van der Waals surface area contributed by atoms with Crippen molar-refractivity contribution in [2.75, 3.05) is 4.90 Å². The number of carboxylic acid groups (broad SMARTS) is 1. The number of benzene rings is 2. The van der Waals surface area contributed by atoms with Gasteiger partial charge in [0, 0.05) is 24.1 Å². The highest BCUT2D eigenvalue weighted by Crippen LogP contribution is 2.61. The smallest absolute Gasteiger partial charge is 0.303 e. The van der Waals surface area contributed by atoms with Crippen molar-refractivity contribution in [2.24, 2.45) is 5.73 Å². The van der Waals surface area contributed by atoms with Crippen molar-refractivity contribution in [3.63, 3.8) is 0 Å². The van der Waals surface area contributed by atoms with Crippen LogP contribution in [0, 0.1) is 11.3 Å². The molecule has 0 bridgehead atoms. The van der Waals surface area contributed by atoms with Gasteiger partial charge in [-0.1, -0.05) is 18.2 Å². The summed E-state index contributed by atoms with van der Waals surface area (Å²) in [5.74, 6) is -1.54. The quantitative estimate of drug-likeness (QED) is 0.557. The molecule has 32 heavy (non-hydrogen) atoms. The highest BCUT2D eigenvalue weighted by atomic mass is 16.4. The third-order valence-electron chi connectivity index (χ3n) is 6.20. The van der Waals surface area contributed by atoms with E-state index in [1.165, 1.54) is 0 Å². The molecule has 7 heteroatoms. The summed E-state index contributed by atoms with van der Waals surface area (Å²) in [4.78, 5) is 36.9. The Kier molecular flexibility index (Phi) is 6.64. The van der Waals surface area contributed by atoms with Gasteiger partial charge in [-0.3, -0.25) is 14.4 Å². The molecule has 3 N–H and O–H groups in total. The first-order chi connectivity index (χ1) is 15.2. The lowest BCUT2D eigenvalue weighted by atomic mass is 9.84. The van der Waals surface area contributed by atoms with Crippen molar-refractivity contribution in [3.8, 4) is 6.07 Å². The minimum Gasteiger partial charge on any atom is -0.481 e. The molecule has 0 aliphatic heterocycles. The summed E-state index contributed by atoms with van der Waals surface area (Å²) in [5.41, 5.74) is 8.55. The second-order valence-electron chi connectivity index (χ2n) is 8.52. The van der Waals surface area contributed by atoms with Gasteiger partial charge < -0.3 is 15.7 Å². The van der Waals surface area contributed by atoms with Crippen LogP contribution in [0.2, 0.25) is 0 Å². The number of hydrogen-bond acceptors (Lipinski definition) is 4. The van der Waals surface area contributed by atoms with E-state index in [0.717, 1.165) is 23.2 Å². The minimum absolute atomic E-state index is 0.0176. The summed E-state index contributed by atoms with van der Waals surface area (Å²) in [6.07, 6.45) is 2.20. The van der Waals surface area contributed by atoms with Gasteiger partial charge in [0.1, 0.15) is 0 Å². The molecule has 1 aliphatic carbocycles. The molecule has 7 nitrogen and oxygen atoms in total. The molecule has 3 rings (SSSR count). The van der Waals surface area contributed by atoms with Gasteiger partial charge in [0.2, 0.25) is 12.3 Å². The van der Waals surface area contributed by atoms with Crippen LogP contribution in [0.3, 0.4) is 0 Å². The van der Waals surface area contributed by atoms with Gasteiger partial charge in [0.15, 0.2) is 0 Å². The molecule has 2 aromatic carbocycles. The summed E-state index contributed by atoms with van der Waals surface area (Å²) in [6, 6.07) is 14.8. The molecule has 0 saturated heterocycles. The Morgan fingerprint density at radius 1 is 1.31 bits per heavy atom. The van der Waals surface area contributed by atoms with E-state index in [-0.39, 0.29) is 18.4 Å². The topological polar surface area (TPSA) is 124 Å². The summed E-state index contributed by atoms with van der Waals surface area (Å²) < 4.78 is 0. The fourth-order valence-electron chi connectivity index (χ4n) is 4.46. The van der Waals surface area contributed by atoms with Crippen LogP contribution in [0.25, 0.3) is 0 Å². The predicted octanol–water partition coefficient (Wildman–Crippen LogP) is 3.25. The number of hydrogen-bond donors (Lipinski definition) is 2. The molecule has 1 fully saturated rings.